The van der Waals surface area contributed by atoms with Gasteiger partial charge in [-0.15, -0.1) is 0 Å². The number of hydrogen-bond donors (Lipinski definition) is 0. The Morgan fingerprint density at radius 1 is 0.320 bits per heavy atom. The average molecular weight is 703 g/mol. The van der Waals surface area contributed by atoms with Crippen LogP contribution in [0.25, 0.3) is 0 Å². The minimum Gasteiger partial charge on any atom is -0.466 e. The maximum Gasteiger partial charge on any atom is 0.305 e. The molecule has 0 fully saturated rings. The van der Waals surface area contributed by atoms with Crippen molar-refractivity contribution < 1.29 is 9.53 Å². The van der Waals surface area contributed by atoms with Gasteiger partial charge in [-0.1, -0.05) is 251 Å². The number of allylic oxidation sites excluding steroid dienone is 2. The second kappa shape index (κ2) is 46.2. The highest BCUT2D eigenvalue weighted by molar-refractivity contribution is 5.69. The van der Waals surface area contributed by atoms with Crippen molar-refractivity contribution in [1.82, 2.24) is 0 Å². The van der Waals surface area contributed by atoms with Crippen molar-refractivity contribution in [2.24, 2.45) is 0 Å². The van der Waals surface area contributed by atoms with Gasteiger partial charge in [0, 0.05) is 6.42 Å². The first-order chi connectivity index (χ1) is 24.8. The Hall–Kier alpha value is -0.790. The monoisotopic (exact) mass is 703 g/mol. The van der Waals surface area contributed by atoms with Crippen molar-refractivity contribution in [1.29, 1.82) is 0 Å². The third-order valence-electron chi connectivity index (χ3n) is 10.9. The van der Waals surface area contributed by atoms with E-state index in [2.05, 4.69) is 26.0 Å². The molecule has 0 aliphatic carbocycles. The van der Waals surface area contributed by atoms with E-state index < -0.39 is 0 Å². The van der Waals surface area contributed by atoms with E-state index in [1.165, 1.54) is 250 Å². The van der Waals surface area contributed by atoms with Crippen molar-refractivity contribution in [2.45, 2.75) is 284 Å². The Labute approximate surface area is 316 Å². The summed E-state index contributed by atoms with van der Waals surface area (Å²) in [4.78, 5) is 12.0. The van der Waals surface area contributed by atoms with E-state index in [9.17, 15) is 4.79 Å². The maximum atomic E-state index is 12.0. The van der Waals surface area contributed by atoms with Gasteiger partial charge in [-0.05, 0) is 38.5 Å². The Morgan fingerprint density at radius 3 is 0.860 bits per heavy atom. The molecule has 50 heavy (non-hydrogen) atoms. The zero-order valence-electron chi connectivity index (χ0n) is 34.9. The second-order valence-corrected chi connectivity index (χ2v) is 16.1. The molecule has 298 valence electrons. The first kappa shape index (κ1) is 49.2. The van der Waals surface area contributed by atoms with Crippen LogP contribution in [0.5, 0.6) is 0 Å². The van der Waals surface area contributed by atoms with E-state index in [4.69, 9.17) is 4.74 Å². The molecule has 0 saturated carbocycles. The summed E-state index contributed by atoms with van der Waals surface area (Å²) in [7, 11) is 0. The molecule has 0 heterocycles. The number of unbranched alkanes of at least 4 members (excludes halogenated alkanes) is 38. The zero-order chi connectivity index (χ0) is 36.1. The topological polar surface area (TPSA) is 26.3 Å². The van der Waals surface area contributed by atoms with Crippen molar-refractivity contribution in [3.05, 3.63) is 12.2 Å². The highest BCUT2D eigenvalue weighted by Crippen LogP contribution is 2.16. The van der Waals surface area contributed by atoms with Gasteiger partial charge < -0.3 is 4.74 Å². The summed E-state index contributed by atoms with van der Waals surface area (Å²) < 4.78 is 5.48. The van der Waals surface area contributed by atoms with Gasteiger partial charge in [0.15, 0.2) is 0 Å². The summed E-state index contributed by atoms with van der Waals surface area (Å²) in [6, 6.07) is 0. The SMILES string of the molecule is CCCCCCCCCCCCCCCCCC=CCCCCCCCCC(=O)OCCCCCCCCCCCCCCCCCCCC. The quantitative estimate of drug-likeness (QED) is 0.0359. The third-order valence-corrected chi connectivity index (χ3v) is 10.9. The summed E-state index contributed by atoms with van der Waals surface area (Å²) in [5.74, 6) is 0.0243. The number of carbonyl (C=O) groups excluding carboxylic acids is 1. The van der Waals surface area contributed by atoms with E-state index in [0.717, 1.165) is 12.8 Å². The number of hydrogen-bond acceptors (Lipinski definition) is 2. The predicted octanol–water partition coefficient (Wildman–Crippen LogP) is 17.5. The molecule has 0 rings (SSSR count). The molecular weight excluding hydrogens is 609 g/mol. The highest BCUT2D eigenvalue weighted by atomic mass is 16.5. The molecular formula is C48H94O2. The van der Waals surface area contributed by atoms with E-state index in [-0.39, 0.29) is 5.97 Å². The van der Waals surface area contributed by atoms with E-state index >= 15 is 0 Å². The first-order valence-electron chi connectivity index (χ1n) is 23.6. The number of ether oxygens (including phenoxy) is 1. The van der Waals surface area contributed by atoms with Gasteiger partial charge in [-0.3, -0.25) is 4.79 Å². The predicted molar refractivity (Wildman–Crippen MR) is 225 cm³/mol. The van der Waals surface area contributed by atoms with Gasteiger partial charge in [-0.2, -0.15) is 0 Å². The molecule has 2 nitrogen and oxygen atoms in total. The minimum atomic E-state index is 0.0243. The van der Waals surface area contributed by atoms with Gasteiger partial charge in [-0.25, -0.2) is 0 Å². The van der Waals surface area contributed by atoms with Crippen LogP contribution < -0.4 is 0 Å². The fourth-order valence-corrected chi connectivity index (χ4v) is 7.37. The fraction of sp³-hybridized carbons (Fsp3) is 0.938. The molecule has 0 amide bonds. The number of esters is 1. The lowest BCUT2D eigenvalue weighted by atomic mass is 10.0. The Balaban J connectivity index is 3.18. The van der Waals surface area contributed by atoms with E-state index in [0.29, 0.717) is 13.0 Å². The van der Waals surface area contributed by atoms with Crippen LogP contribution in [0.4, 0.5) is 0 Å². The van der Waals surface area contributed by atoms with Crippen LogP contribution in [0, 0.1) is 0 Å². The molecule has 0 bridgehead atoms. The Bertz CT molecular complexity index is 640. The Morgan fingerprint density at radius 2 is 0.560 bits per heavy atom. The van der Waals surface area contributed by atoms with Crippen molar-refractivity contribution in [3.8, 4) is 0 Å². The molecule has 0 aliphatic rings. The van der Waals surface area contributed by atoms with Crippen LogP contribution in [0.3, 0.4) is 0 Å². The lowest BCUT2D eigenvalue weighted by Gasteiger charge is -2.06. The molecule has 0 atom stereocenters. The summed E-state index contributed by atoms with van der Waals surface area (Å²) in [5, 5.41) is 0. The van der Waals surface area contributed by atoms with Crippen molar-refractivity contribution in [3.63, 3.8) is 0 Å². The third kappa shape index (κ3) is 45.2. The van der Waals surface area contributed by atoms with Gasteiger partial charge in [0.2, 0.25) is 0 Å². The molecule has 0 aliphatic heterocycles. The van der Waals surface area contributed by atoms with Crippen LogP contribution >= 0.6 is 0 Å². The Kier molecular flexibility index (Phi) is 45.5. The molecule has 0 radical (unpaired) electrons. The average Bonchev–Trinajstić information content (AvgIpc) is 3.12. The molecule has 0 spiro atoms. The lowest BCUT2D eigenvalue weighted by Crippen LogP contribution is -2.05. The normalized spacial score (nSPS) is 11.6. The summed E-state index contributed by atoms with van der Waals surface area (Å²) in [6.07, 6.45) is 61.9. The molecule has 0 aromatic heterocycles. The molecule has 0 aromatic rings. The van der Waals surface area contributed by atoms with Gasteiger partial charge in [0.1, 0.15) is 0 Å². The summed E-state index contributed by atoms with van der Waals surface area (Å²) >= 11 is 0. The summed E-state index contributed by atoms with van der Waals surface area (Å²) in [5.41, 5.74) is 0. The maximum absolute atomic E-state index is 12.0. The standard InChI is InChI=1S/C48H94O2/c1-3-5-7-9-11-13-15-17-19-21-23-24-25-26-27-28-29-30-32-34-36-38-40-42-44-46-48(49)50-47-45-43-41-39-37-35-33-31-22-20-18-16-14-12-10-8-6-4-2/h29-30H,3-28,31-47H2,1-2H3. The fourth-order valence-electron chi connectivity index (χ4n) is 7.37. The van der Waals surface area contributed by atoms with Crippen LogP contribution in [-0.4, -0.2) is 12.6 Å². The van der Waals surface area contributed by atoms with Gasteiger partial charge in [0.25, 0.3) is 0 Å². The molecule has 0 aromatic carbocycles. The minimum absolute atomic E-state index is 0.0243. The molecule has 0 N–H and O–H groups in total. The van der Waals surface area contributed by atoms with E-state index in [1.54, 1.807) is 0 Å². The zero-order valence-corrected chi connectivity index (χ0v) is 34.9. The molecule has 0 saturated heterocycles. The first-order valence-corrected chi connectivity index (χ1v) is 23.6. The summed E-state index contributed by atoms with van der Waals surface area (Å²) in [6.45, 7) is 5.23. The largest absolute Gasteiger partial charge is 0.466 e. The smallest absolute Gasteiger partial charge is 0.305 e. The molecule has 0 unspecified atom stereocenters. The number of carbonyl (C=O) groups is 1. The van der Waals surface area contributed by atoms with Crippen LogP contribution in [0.1, 0.15) is 284 Å². The van der Waals surface area contributed by atoms with Crippen molar-refractivity contribution >= 4 is 5.97 Å². The van der Waals surface area contributed by atoms with Crippen LogP contribution in [0.15, 0.2) is 12.2 Å². The van der Waals surface area contributed by atoms with Crippen LogP contribution in [0.2, 0.25) is 0 Å². The van der Waals surface area contributed by atoms with Crippen molar-refractivity contribution in [2.75, 3.05) is 6.61 Å². The molecule has 2 heteroatoms. The number of rotatable bonds is 44. The van der Waals surface area contributed by atoms with Crippen LogP contribution in [-0.2, 0) is 9.53 Å². The van der Waals surface area contributed by atoms with Gasteiger partial charge >= 0.3 is 5.97 Å². The van der Waals surface area contributed by atoms with Gasteiger partial charge in [0.05, 0.1) is 6.61 Å². The second-order valence-electron chi connectivity index (χ2n) is 16.1. The highest BCUT2D eigenvalue weighted by Gasteiger charge is 2.03. The van der Waals surface area contributed by atoms with E-state index in [1.807, 2.05) is 0 Å². The lowest BCUT2D eigenvalue weighted by molar-refractivity contribution is -0.143.